The van der Waals surface area contributed by atoms with Crippen molar-refractivity contribution >= 4 is 0 Å². The van der Waals surface area contributed by atoms with Crippen LogP contribution < -0.4 is 10.5 Å². The molecule has 2 atom stereocenters. The molecule has 4 rings (SSSR count). The van der Waals surface area contributed by atoms with Crippen LogP contribution in [0.15, 0.2) is 42.5 Å². The van der Waals surface area contributed by atoms with Crippen molar-refractivity contribution in [3.8, 4) is 5.75 Å². The molecule has 0 aromatic heterocycles. The van der Waals surface area contributed by atoms with E-state index in [0.717, 1.165) is 12.4 Å². The van der Waals surface area contributed by atoms with Gasteiger partial charge in [0.05, 0.1) is 19.8 Å². The zero-order valence-corrected chi connectivity index (χ0v) is 11.2. The standard InChI is InChI=1S/C17H17NO2/c18-17(11-5-6-12-8-19-9-13(12)7-11)15-10-20-16-4-2-1-3-14(15)16/h1-7,15,17H,8-10,18H2. The molecule has 2 N–H and O–H groups in total. The molecule has 3 heteroatoms. The third-order valence-corrected chi connectivity index (χ3v) is 4.30. The third-order valence-electron chi connectivity index (χ3n) is 4.30. The van der Waals surface area contributed by atoms with Crippen molar-refractivity contribution in [2.24, 2.45) is 5.73 Å². The molecule has 2 aromatic rings. The Morgan fingerprint density at radius 1 is 1.05 bits per heavy atom. The van der Waals surface area contributed by atoms with E-state index in [9.17, 15) is 0 Å². The maximum absolute atomic E-state index is 6.49. The smallest absolute Gasteiger partial charge is 0.122 e. The Morgan fingerprint density at radius 3 is 2.85 bits per heavy atom. The summed E-state index contributed by atoms with van der Waals surface area (Å²) in [6.07, 6.45) is 0. The summed E-state index contributed by atoms with van der Waals surface area (Å²) < 4.78 is 11.2. The highest BCUT2D eigenvalue weighted by Crippen LogP contribution is 2.40. The summed E-state index contributed by atoms with van der Waals surface area (Å²) in [6.45, 7) is 2.09. The van der Waals surface area contributed by atoms with E-state index in [-0.39, 0.29) is 12.0 Å². The number of nitrogens with two attached hydrogens (primary N) is 1. The summed E-state index contributed by atoms with van der Waals surface area (Å²) in [7, 11) is 0. The van der Waals surface area contributed by atoms with Gasteiger partial charge in [-0.25, -0.2) is 0 Å². The number of hydrogen-bond donors (Lipinski definition) is 1. The predicted octanol–water partition coefficient (Wildman–Crippen LogP) is 2.89. The molecule has 0 amide bonds. The summed E-state index contributed by atoms with van der Waals surface area (Å²) in [4.78, 5) is 0. The van der Waals surface area contributed by atoms with Crippen LogP contribution in [0.3, 0.4) is 0 Å². The second-order valence-corrected chi connectivity index (χ2v) is 5.50. The van der Waals surface area contributed by atoms with Crippen LogP contribution in [0.2, 0.25) is 0 Å². The fourth-order valence-electron chi connectivity index (χ4n) is 3.12. The van der Waals surface area contributed by atoms with Gasteiger partial charge in [0.1, 0.15) is 5.75 Å². The Balaban J connectivity index is 1.67. The van der Waals surface area contributed by atoms with Crippen LogP contribution >= 0.6 is 0 Å². The largest absolute Gasteiger partial charge is 0.493 e. The van der Waals surface area contributed by atoms with Gasteiger partial charge in [0.15, 0.2) is 0 Å². The minimum Gasteiger partial charge on any atom is -0.493 e. The highest BCUT2D eigenvalue weighted by Gasteiger charge is 2.30. The number of benzene rings is 2. The summed E-state index contributed by atoms with van der Waals surface area (Å²) in [5.74, 6) is 1.20. The molecule has 102 valence electrons. The van der Waals surface area contributed by atoms with Crippen molar-refractivity contribution in [2.75, 3.05) is 6.61 Å². The molecule has 0 radical (unpaired) electrons. The van der Waals surface area contributed by atoms with E-state index >= 15 is 0 Å². The monoisotopic (exact) mass is 267 g/mol. The lowest BCUT2D eigenvalue weighted by atomic mass is 9.88. The fourth-order valence-corrected chi connectivity index (χ4v) is 3.12. The fraction of sp³-hybridized carbons (Fsp3) is 0.294. The molecule has 2 aromatic carbocycles. The second-order valence-electron chi connectivity index (χ2n) is 5.50. The first-order chi connectivity index (χ1) is 9.83. The molecular weight excluding hydrogens is 250 g/mol. The number of hydrogen-bond acceptors (Lipinski definition) is 3. The molecule has 0 bridgehead atoms. The SMILES string of the molecule is NC(c1ccc2c(c1)COC2)C1COc2ccccc21. The maximum Gasteiger partial charge on any atom is 0.122 e. The normalized spacial score (nSPS) is 21.1. The summed E-state index contributed by atoms with van der Waals surface area (Å²) >= 11 is 0. The van der Waals surface area contributed by atoms with Crippen LogP contribution in [0.4, 0.5) is 0 Å². The molecule has 2 aliphatic rings. The van der Waals surface area contributed by atoms with Crippen LogP contribution in [0.1, 0.15) is 34.2 Å². The highest BCUT2D eigenvalue weighted by atomic mass is 16.5. The predicted molar refractivity (Wildman–Crippen MR) is 76.5 cm³/mol. The van der Waals surface area contributed by atoms with Crippen molar-refractivity contribution in [1.29, 1.82) is 0 Å². The van der Waals surface area contributed by atoms with Gasteiger partial charge in [0.2, 0.25) is 0 Å². The average molecular weight is 267 g/mol. The molecular formula is C17H17NO2. The van der Waals surface area contributed by atoms with Gasteiger partial charge in [-0.15, -0.1) is 0 Å². The molecule has 0 saturated carbocycles. The number of rotatable bonds is 2. The molecule has 0 spiro atoms. The molecule has 20 heavy (non-hydrogen) atoms. The van der Waals surface area contributed by atoms with E-state index in [0.29, 0.717) is 13.2 Å². The molecule has 0 fully saturated rings. The maximum atomic E-state index is 6.49. The van der Waals surface area contributed by atoms with E-state index in [4.69, 9.17) is 15.2 Å². The van der Waals surface area contributed by atoms with Crippen LogP contribution in [0.25, 0.3) is 0 Å². The van der Waals surface area contributed by atoms with Gasteiger partial charge < -0.3 is 15.2 Å². The number of fused-ring (bicyclic) bond motifs is 2. The minimum atomic E-state index is -0.0375. The molecule has 2 unspecified atom stereocenters. The van der Waals surface area contributed by atoms with E-state index < -0.39 is 0 Å². The van der Waals surface area contributed by atoms with Gasteiger partial charge in [-0.3, -0.25) is 0 Å². The summed E-state index contributed by atoms with van der Waals surface area (Å²) in [6, 6.07) is 14.6. The Kier molecular flexibility index (Phi) is 2.76. The number of para-hydroxylation sites is 1. The molecule has 2 heterocycles. The first-order valence-electron chi connectivity index (χ1n) is 6.99. The lowest BCUT2D eigenvalue weighted by Crippen LogP contribution is -2.21. The van der Waals surface area contributed by atoms with E-state index in [1.54, 1.807) is 0 Å². The molecule has 0 aliphatic carbocycles. The van der Waals surface area contributed by atoms with Crippen molar-refractivity contribution < 1.29 is 9.47 Å². The first-order valence-corrected chi connectivity index (χ1v) is 6.99. The van der Waals surface area contributed by atoms with Crippen LogP contribution in [0.5, 0.6) is 5.75 Å². The second kappa shape index (κ2) is 4.62. The molecule has 3 nitrogen and oxygen atoms in total. The lowest BCUT2D eigenvalue weighted by molar-refractivity contribution is 0.134. The topological polar surface area (TPSA) is 44.5 Å². The Hall–Kier alpha value is -1.84. The Labute approximate surface area is 118 Å². The van der Waals surface area contributed by atoms with Crippen LogP contribution in [-0.2, 0) is 18.0 Å². The zero-order chi connectivity index (χ0) is 13.5. The van der Waals surface area contributed by atoms with E-state index in [2.05, 4.69) is 24.3 Å². The van der Waals surface area contributed by atoms with Crippen LogP contribution in [-0.4, -0.2) is 6.61 Å². The molecule has 0 saturated heterocycles. The lowest BCUT2D eigenvalue weighted by Gasteiger charge is -2.19. The minimum absolute atomic E-state index is 0.0375. The molecule has 2 aliphatic heterocycles. The quantitative estimate of drug-likeness (QED) is 0.910. The van der Waals surface area contributed by atoms with Gasteiger partial charge in [-0.05, 0) is 22.8 Å². The van der Waals surface area contributed by atoms with Gasteiger partial charge in [0, 0.05) is 17.5 Å². The average Bonchev–Trinajstić information content (AvgIpc) is 3.12. The van der Waals surface area contributed by atoms with Crippen molar-refractivity contribution in [3.63, 3.8) is 0 Å². The van der Waals surface area contributed by atoms with Crippen molar-refractivity contribution in [1.82, 2.24) is 0 Å². The van der Waals surface area contributed by atoms with Gasteiger partial charge in [-0.2, -0.15) is 0 Å². The van der Waals surface area contributed by atoms with E-state index in [1.807, 2.05) is 18.2 Å². The van der Waals surface area contributed by atoms with Gasteiger partial charge in [0.25, 0.3) is 0 Å². The zero-order valence-electron chi connectivity index (χ0n) is 11.2. The van der Waals surface area contributed by atoms with Crippen LogP contribution in [0, 0.1) is 0 Å². The first kappa shape index (κ1) is 11.9. The third kappa shape index (κ3) is 1.82. The summed E-state index contributed by atoms with van der Waals surface area (Å²) in [5.41, 5.74) is 11.4. The van der Waals surface area contributed by atoms with Gasteiger partial charge >= 0.3 is 0 Å². The van der Waals surface area contributed by atoms with E-state index in [1.165, 1.54) is 22.3 Å². The van der Waals surface area contributed by atoms with Crippen molar-refractivity contribution in [3.05, 3.63) is 64.7 Å². The van der Waals surface area contributed by atoms with Gasteiger partial charge in [-0.1, -0.05) is 36.4 Å². The Morgan fingerprint density at radius 2 is 1.90 bits per heavy atom. The summed E-state index contributed by atoms with van der Waals surface area (Å²) in [5, 5.41) is 0. The Bertz CT molecular complexity index is 653. The highest BCUT2D eigenvalue weighted by molar-refractivity contribution is 5.43. The number of ether oxygens (including phenoxy) is 2. The van der Waals surface area contributed by atoms with Crippen molar-refractivity contribution in [2.45, 2.75) is 25.2 Å².